The van der Waals surface area contributed by atoms with E-state index in [-0.39, 0.29) is 5.91 Å². The highest BCUT2D eigenvalue weighted by Gasteiger charge is 2.10. The predicted octanol–water partition coefficient (Wildman–Crippen LogP) is 4.06. The minimum Gasteiger partial charge on any atom is -0.309 e. The summed E-state index contributed by atoms with van der Waals surface area (Å²) in [5.41, 5.74) is 3.15. The van der Waals surface area contributed by atoms with E-state index in [9.17, 15) is 4.79 Å². The molecule has 102 valence electrons. The van der Waals surface area contributed by atoms with Gasteiger partial charge in [0.1, 0.15) is 0 Å². The number of amides is 1. The number of rotatable bonds is 4. The first-order valence-corrected chi connectivity index (χ1v) is 6.82. The van der Waals surface area contributed by atoms with Gasteiger partial charge in [-0.25, -0.2) is 0 Å². The van der Waals surface area contributed by atoms with E-state index in [1.807, 2.05) is 74.5 Å². The molecule has 0 heterocycles. The van der Waals surface area contributed by atoms with Crippen LogP contribution in [-0.4, -0.2) is 12.5 Å². The van der Waals surface area contributed by atoms with E-state index in [0.29, 0.717) is 6.54 Å². The molecule has 2 heteroatoms. The maximum absolute atomic E-state index is 12.3. The van der Waals surface area contributed by atoms with Gasteiger partial charge in [0.25, 0.3) is 5.91 Å². The van der Waals surface area contributed by atoms with Gasteiger partial charge in [-0.3, -0.25) is 4.79 Å². The average molecular weight is 265 g/mol. The quantitative estimate of drug-likeness (QED) is 0.763. The number of hydrogen-bond acceptors (Lipinski definition) is 1. The van der Waals surface area contributed by atoms with E-state index in [1.165, 1.54) is 5.56 Å². The first-order valence-electron chi connectivity index (χ1n) is 6.82. The number of likely N-dealkylation sites (N-methyl/N-ethyl adjacent to an activating group) is 1. The first kappa shape index (κ1) is 14.1. The molecular weight excluding hydrogens is 246 g/mol. The van der Waals surface area contributed by atoms with Crippen LogP contribution in [0.25, 0.3) is 6.08 Å². The lowest BCUT2D eigenvalue weighted by Gasteiger charge is -2.19. The second-order valence-corrected chi connectivity index (χ2v) is 4.66. The van der Waals surface area contributed by atoms with Gasteiger partial charge >= 0.3 is 0 Å². The summed E-state index contributed by atoms with van der Waals surface area (Å²) in [6.45, 7) is 4.67. The molecule has 0 atom stereocenters. The molecule has 2 nitrogen and oxygen atoms in total. The van der Waals surface area contributed by atoms with Crippen molar-refractivity contribution in [3.63, 3.8) is 0 Å². The van der Waals surface area contributed by atoms with Crippen LogP contribution < -0.4 is 4.90 Å². The zero-order chi connectivity index (χ0) is 14.4. The van der Waals surface area contributed by atoms with Crippen LogP contribution in [-0.2, 0) is 4.79 Å². The second-order valence-electron chi connectivity index (χ2n) is 4.66. The molecule has 0 spiro atoms. The molecule has 0 aliphatic carbocycles. The highest BCUT2D eigenvalue weighted by Crippen LogP contribution is 2.15. The Labute approximate surface area is 120 Å². The number of carbonyl (C=O) groups is 1. The average Bonchev–Trinajstić information content (AvgIpc) is 2.49. The van der Waals surface area contributed by atoms with E-state index >= 15 is 0 Å². The van der Waals surface area contributed by atoms with E-state index in [4.69, 9.17) is 0 Å². The lowest BCUT2D eigenvalue weighted by Crippen LogP contribution is -2.28. The second kappa shape index (κ2) is 6.71. The number of nitrogens with zero attached hydrogens (tertiary/aromatic N) is 1. The van der Waals surface area contributed by atoms with Gasteiger partial charge in [0.15, 0.2) is 0 Å². The molecule has 2 aromatic rings. The van der Waals surface area contributed by atoms with Crippen molar-refractivity contribution >= 4 is 17.7 Å². The molecule has 0 aromatic heterocycles. The van der Waals surface area contributed by atoms with Gasteiger partial charge < -0.3 is 4.90 Å². The fourth-order valence-electron chi connectivity index (χ4n) is 2.01. The third-order valence-corrected chi connectivity index (χ3v) is 3.15. The minimum atomic E-state index is 0.000191. The van der Waals surface area contributed by atoms with Crippen molar-refractivity contribution in [2.24, 2.45) is 0 Å². The summed E-state index contributed by atoms with van der Waals surface area (Å²) in [6, 6.07) is 17.8. The van der Waals surface area contributed by atoms with Crippen molar-refractivity contribution in [1.82, 2.24) is 0 Å². The molecule has 0 radical (unpaired) electrons. The Kier molecular flexibility index (Phi) is 4.72. The van der Waals surface area contributed by atoms with Crippen LogP contribution in [0.1, 0.15) is 18.1 Å². The molecule has 2 aromatic carbocycles. The van der Waals surface area contributed by atoms with Gasteiger partial charge in [0, 0.05) is 18.3 Å². The fraction of sp³-hybridized carbons (Fsp3) is 0.167. The summed E-state index contributed by atoms with van der Waals surface area (Å²) in [4.78, 5) is 14.0. The number of benzene rings is 2. The number of hydrogen-bond donors (Lipinski definition) is 0. The van der Waals surface area contributed by atoms with Gasteiger partial charge in [0.2, 0.25) is 0 Å². The molecule has 0 aliphatic heterocycles. The Morgan fingerprint density at radius 3 is 2.30 bits per heavy atom. The molecule has 0 N–H and O–H groups in total. The van der Waals surface area contributed by atoms with E-state index in [1.54, 1.807) is 11.0 Å². The summed E-state index contributed by atoms with van der Waals surface area (Å²) < 4.78 is 0. The SMILES string of the molecule is CCN(C(=O)/C=C/c1ccccc1)c1ccc(C)cc1. The Bertz CT molecular complexity index is 585. The minimum absolute atomic E-state index is 0.000191. The molecule has 0 aliphatic rings. The number of carbonyl (C=O) groups excluding carboxylic acids is 1. The summed E-state index contributed by atoms with van der Waals surface area (Å²) >= 11 is 0. The lowest BCUT2D eigenvalue weighted by molar-refractivity contribution is -0.114. The zero-order valence-electron chi connectivity index (χ0n) is 11.9. The Morgan fingerprint density at radius 1 is 1.05 bits per heavy atom. The molecule has 1 amide bonds. The number of anilines is 1. The third kappa shape index (κ3) is 3.58. The standard InChI is InChI=1S/C18H19NO/c1-3-19(17-12-9-15(2)10-13-17)18(20)14-11-16-7-5-4-6-8-16/h4-14H,3H2,1-2H3/b14-11+. The first-order chi connectivity index (χ1) is 9.70. The lowest BCUT2D eigenvalue weighted by atomic mass is 10.2. The van der Waals surface area contributed by atoms with Crippen LogP contribution in [0.2, 0.25) is 0 Å². The molecule has 0 fully saturated rings. The van der Waals surface area contributed by atoms with Gasteiger partial charge in [-0.15, -0.1) is 0 Å². The van der Waals surface area contributed by atoms with Gasteiger partial charge in [-0.1, -0.05) is 48.0 Å². The molecule has 20 heavy (non-hydrogen) atoms. The van der Waals surface area contributed by atoms with Gasteiger partial charge in [-0.05, 0) is 37.6 Å². The highest BCUT2D eigenvalue weighted by atomic mass is 16.2. The van der Waals surface area contributed by atoms with Crippen molar-refractivity contribution in [1.29, 1.82) is 0 Å². The summed E-state index contributed by atoms with van der Waals surface area (Å²) in [5.74, 6) is 0.000191. The third-order valence-electron chi connectivity index (χ3n) is 3.15. The molecule has 0 unspecified atom stereocenters. The fourth-order valence-corrected chi connectivity index (χ4v) is 2.01. The van der Waals surface area contributed by atoms with E-state index < -0.39 is 0 Å². The van der Waals surface area contributed by atoms with Gasteiger partial charge in [-0.2, -0.15) is 0 Å². The molecule has 0 saturated heterocycles. The Balaban J connectivity index is 2.13. The monoisotopic (exact) mass is 265 g/mol. The largest absolute Gasteiger partial charge is 0.309 e. The summed E-state index contributed by atoms with van der Waals surface area (Å²) in [6.07, 6.45) is 3.47. The molecule has 2 rings (SSSR count). The van der Waals surface area contributed by atoms with Crippen LogP contribution in [0.4, 0.5) is 5.69 Å². The molecule has 0 saturated carbocycles. The smallest absolute Gasteiger partial charge is 0.250 e. The topological polar surface area (TPSA) is 20.3 Å². The van der Waals surface area contributed by atoms with E-state index in [2.05, 4.69) is 0 Å². The normalized spacial score (nSPS) is 10.7. The molecular formula is C18H19NO. The van der Waals surface area contributed by atoms with E-state index in [0.717, 1.165) is 11.3 Å². The Hall–Kier alpha value is -2.35. The maximum Gasteiger partial charge on any atom is 0.250 e. The van der Waals surface area contributed by atoms with Crippen LogP contribution >= 0.6 is 0 Å². The van der Waals surface area contributed by atoms with Crippen molar-refractivity contribution in [3.05, 3.63) is 71.8 Å². The maximum atomic E-state index is 12.3. The van der Waals surface area contributed by atoms with Crippen molar-refractivity contribution in [2.75, 3.05) is 11.4 Å². The molecule has 0 bridgehead atoms. The zero-order valence-corrected chi connectivity index (χ0v) is 11.9. The van der Waals surface area contributed by atoms with Crippen LogP contribution in [0.5, 0.6) is 0 Å². The summed E-state index contributed by atoms with van der Waals surface area (Å²) in [7, 11) is 0. The van der Waals surface area contributed by atoms with Gasteiger partial charge in [0.05, 0.1) is 0 Å². The highest BCUT2D eigenvalue weighted by molar-refractivity contribution is 6.03. The van der Waals surface area contributed by atoms with Crippen molar-refractivity contribution in [2.45, 2.75) is 13.8 Å². The van der Waals surface area contributed by atoms with Crippen LogP contribution in [0.15, 0.2) is 60.7 Å². The van der Waals surface area contributed by atoms with Crippen LogP contribution in [0, 0.1) is 6.92 Å². The van der Waals surface area contributed by atoms with Crippen molar-refractivity contribution < 1.29 is 4.79 Å². The number of aryl methyl sites for hydroxylation is 1. The Morgan fingerprint density at radius 2 is 1.70 bits per heavy atom. The van der Waals surface area contributed by atoms with Crippen LogP contribution in [0.3, 0.4) is 0 Å². The summed E-state index contributed by atoms with van der Waals surface area (Å²) in [5, 5.41) is 0. The predicted molar refractivity (Wildman–Crippen MR) is 84.7 cm³/mol. The van der Waals surface area contributed by atoms with Crippen molar-refractivity contribution in [3.8, 4) is 0 Å².